The number of halogens is 1. The van der Waals surface area contributed by atoms with Crippen LogP contribution in [-0.2, 0) is 0 Å². The molecule has 1 N–H and O–H groups in total. The summed E-state index contributed by atoms with van der Waals surface area (Å²) in [4.78, 5) is 14.6. The largest absolute Gasteiger partial charge is 0.504 e. The molecule has 2 aliphatic heterocycles. The number of methoxy groups -OCH3 is 1. The first-order valence-corrected chi connectivity index (χ1v) is 7.37. The van der Waals surface area contributed by atoms with Crippen LogP contribution in [0.2, 0.25) is 0 Å². The third-order valence-corrected chi connectivity index (χ3v) is 4.69. The maximum Gasteiger partial charge on any atom is 0.254 e. The third kappa shape index (κ3) is 2.22. The van der Waals surface area contributed by atoms with Gasteiger partial charge in [-0.2, -0.15) is 0 Å². The van der Waals surface area contributed by atoms with Crippen molar-refractivity contribution >= 4 is 17.5 Å². The van der Waals surface area contributed by atoms with Crippen molar-refractivity contribution in [2.75, 3.05) is 7.11 Å². The van der Waals surface area contributed by atoms with E-state index < -0.39 is 0 Å². The zero-order valence-corrected chi connectivity index (χ0v) is 12.1. The Morgan fingerprint density at radius 2 is 2.00 bits per heavy atom. The molecule has 1 aromatic carbocycles. The fourth-order valence-electron chi connectivity index (χ4n) is 3.41. The summed E-state index contributed by atoms with van der Waals surface area (Å²) in [6.07, 6.45) is 3.79. The van der Waals surface area contributed by atoms with Gasteiger partial charge in [-0.25, -0.2) is 0 Å². The highest BCUT2D eigenvalue weighted by atomic mass is 35.5. The minimum Gasteiger partial charge on any atom is -0.504 e. The number of phenols is 1. The van der Waals surface area contributed by atoms with Crippen LogP contribution in [0.15, 0.2) is 18.2 Å². The summed E-state index contributed by atoms with van der Waals surface area (Å²) in [5.74, 6) is 0.362. The molecule has 108 valence electrons. The third-order valence-electron chi connectivity index (χ3n) is 4.34. The number of rotatable bonds is 2. The Bertz CT molecular complexity index is 520. The van der Waals surface area contributed by atoms with Crippen molar-refractivity contribution in [1.29, 1.82) is 0 Å². The number of alkyl halides is 1. The van der Waals surface area contributed by atoms with Crippen molar-refractivity contribution in [3.05, 3.63) is 23.8 Å². The number of fused-ring (bicyclic) bond motifs is 2. The Morgan fingerprint density at radius 3 is 2.55 bits per heavy atom. The molecule has 2 fully saturated rings. The zero-order chi connectivity index (χ0) is 14.3. The number of ether oxygens (including phenoxy) is 1. The average Bonchev–Trinajstić information content (AvgIpc) is 2.70. The smallest absolute Gasteiger partial charge is 0.254 e. The van der Waals surface area contributed by atoms with Crippen LogP contribution in [0.4, 0.5) is 0 Å². The van der Waals surface area contributed by atoms with Gasteiger partial charge in [0, 0.05) is 23.0 Å². The van der Waals surface area contributed by atoms with Crippen molar-refractivity contribution < 1.29 is 14.6 Å². The van der Waals surface area contributed by atoms with E-state index in [1.54, 1.807) is 12.1 Å². The molecule has 0 aliphatic carbocycles. The van der Waals surface area contributed by atoms with Crippen molar-refractivity contribution in [3.8, 4) is 11.5 Å². The predicted octanol–water partition coefficient (Wildman–Crippen LogP) is 2.78. The molecule has 2 atom stereocenters. The van der Waals surface area contributed by atoms with Crippen LogP contribution in [0.25, 0.3) is 0 Å². The number of hydrogen-bond donors (Lipinski definition) is 1. The lowest BCUT2D eigenvalue weighted by molar-refractivity contribution is 0.0599. The van der Waals surface area contributed by atoms with Crippen LogP contribution < -0.4 is 4.74 Å². The molecule has 0 saturated carbocycles. The molecule has 1 amide bonds. The lowest BCUT2D eigenvalue weighted by atomic mass is 10.0. The van der Waals surface area contributed by atoms with Gasteiger partial charge in [-0.3, -0.25) is 4.79 Å². The van der Waals surface area contributed by atoms with E-state index in [1.807, 2.05) is 4.90 Å². The van der Waals surface area contributed by atoms with E-state index in [2.05, 4.69) is 0 Å². The summed E-state index contributed by atoms with van der Waals surface area (Å²) in [6, 6.07) is 5.29. The monoisotopic (exact) mass is 295 g/mol. The van der Waals surface area contributed by atoms with E-state index in [9.17, 15) is 9.90 Å². The number of aromatic hydroxyl groups is 1. The molecule has 2 saturated heterocycles. The second-order valence-corrected chi connectivity index (χ2v) is 6.17. The van der Waals surface area contributed by atoms with Crippen LogP contribution >= 0.6 is 11.6 Å². The van der Waals surface area contributed by atoms with Gasteiger partial charge in [-0.15, -0.1) is 11.6 Å². The van der Waals surface area contributed by atoms with Crippen molar-refractivity contribution in [1.82, 2.24) is 4.90 Å². The number of nitrogens with zero attached hydrogens (tertiary/aromatic N) is 1. The summed E-state index contributed by atoms with van der Waals surface area (Å²) in [7, 11) is 1.49. The maximum absolute atomic E-state index is 12.6. The number of amides is 1. The second-order valence-electron chi connectivity index (χ2n) is 5.55. The van der Waals surface area contributed by atoms with Crippen LogP contribution in [0.3, 0.4) is 0 Å². The Kier molecular flexibility index (Phi) is 3.50. The van der Waals surface area contributed by atoms with Gasteiger partial charge in [0.1, 0.15) is 0 Å². The van der Waals surface area contributed by atoms with Gasteiger partial charge in [-0.05, 0) is 43.9 Å². The Morgan fingerprint density at radius 1 is 1.35 bits per heavy atom. The Labute approximate surface area is 123 Å². The quantitative estimate of drug-likeness (QED) is 0.854. The molecule has 2 bridgehead atoms. The predicted molar refractivity (Wildman–Crippen MR) is 76.5 cm³/mol. The Balaban J connectivity index is 1.84. The van der Waals surface area contributed by atoms with Crippen LogP contribution in [0, 0.1) is 0 Å². The van der Waals surface area contributed by atoms with Gasteiger partial charge in [0.25, 0.3) is 5.91 Å². The van der Waals surface area contributed by atoms with Gasteiger partial charge in [0.15, 0.2) is 11.5 Å². The molecule has 20 heavy (non-hydrogen) atoms. The molecule has 0 radical (unpaired) electrons. The summed E-state index contributed by atoms with van der Waals surface area (Å²) in [5, 5.41) is 9.99. The van der Waals surface area contributed by atoms with Crippen molar-refractivity contribution in [3.63, 3.8) is 0 Å². The molecule has 0 aromatic heterocycles. The average molecular weight is 296 g/mol. The van der Waals surface area contributed by atoms with Crippen LogP contribution in [-0.4, -0.2) is 40.5 Å². The molecule has 0 spiro atoms. The maximum atomic E-state index is 12.6. The highest BCUT2D eigenvalue weighted by molar-refractivity contribution is 6.20. The first-order chi connectivity index (χ1) is 9.60. The fraction of sp³-hybridized carbons (Fsp3) is 0.533. The number of carbonyl (C=O) groups is 1. The topological polar surface area (TPSA) is 49.8 Å². The SMILES string of the molecule is COc1ccc(C(=O)N2C3CCC2CC(Cl)C3)cc1O. The van der Waals surface area contributed by atoms with Crippen LogP contribution in [0.1, 0.15) is 36.0 Å². The zero-order valence-electron chi connectivity index (χ0n) is 11.4. The minimum absolute atomic E-state index is 0.00192. The van der Waals surface area contributed by atoms with Gasteiger partial charge < -0.3 is 14.7 Å². The van der Waals surface area contributed by atoms with Gasteiger partial charge >= 0.3 is 0 Å². The van der Waals surface area contributed by atoms with Gasteiger partial charge in [-0.1, -0.05) is 0 Å². The number of carbonyl (C=O) groups excluding carboxylic acids is 1. The summed E-state index contributed by atoms with van der Waals surface area (Å²) < 4.78 is 5.00. The molecule has 2 heterocycles. The Hall–Kier alpha value is -1.42. The highest BCUT2D eigenvalue weighted by Gasteiger charge is 2.42. The molecule has 4 nitrogen and oxygen atoms in total. The van der Waals surface area contributed by atoms with E-state index in [0.717, 1.165) is 25.7 Å². The standard InChI is InChI=1S/C15H18ClNO3/c1-20-14-5-2-9(6-13(14)18)15(19)17-11-3-4-12(17)8-10(16)7-11/h2,5-6,10-12,18H,3-4,7-8H2,1H3. The molecule has 3 rings (SSSR count). The number of phenolic OH excluding ortho intramolecular Hbond substituents is 1. The highest BCUT2D eigenvalue weighted by Crippen LogP contribution is 2.39. The normalized spacial score (nSPS) is 28.5. The van der Waals surface area contributed by atoms with Crippen LogP contribution in [0.5, 0.6) is 11.5 Å². The fourth-order valence-corrected chi connectivity index (χ4v) is 3.83. The van der Waals surface area contributed by atoms with E-state index in [-0.39, 0.29) is 29.1 Å². The molecular formula is C15H18ClNO3. The summed E-state index contributed by atoms with van der Waals surface area (Å²) in [6.45, 7) is 0. The molecule has 5 heteroatoms. The number of piperidine rings is 1. The van der Waals surface area contributed by atoms with E-state index in [1.165, 1.54) is 13.2 Å². The molecular weight excluding hydrogens is 278 g/mol. The van der Waals surface area contributed by atoms with E-state index in [0.29, 0.717) is 11.3 Å². The first kappa shape index (κ1) is 13.6. The van der Waals surface area contributed by atoms with Crippen molar-refractivity contribution in [2.24, 2.45) is 0 Å². The minimum atomic E-state index is -0.0148. The lowest BCUT2D eigenvalue weighted by Gasteiger charge is -2.37. The van der Waals surface area contributed by atoms with Gasteiger partial charge in [0.05, 0.1) is 7.11 Å². The summed E-state index contributed by atoms with van der Waals surface area (Å²) in [5.41, 5.74) is 0.508. The lowest BCUT2D eigenvalue weighted by Crippen LogP contribution is -2.46. The molecule has 1 aromatic rings. The molecule has 2 unspecified atom stereocenters. The number of hydrogen-bond acceptors (Lipinski definition) is 3. The van der Waals surface area contributed by atoms with Gasteiger partial charge in [0.2, 0.25) is 0 Å². The second kappa shape index (κ2) is 5.17. The van der Waals surface area contributed by atoms with E-state index in [4.69, 9.17) is 16.3 Å². The van der Waals surface area contributed by atoms with E-state index >= 15 is 0 Å². The molecule has 2 aliphatic rings. The van der Waals surface area contributed by atoms with Crippen molar-refractivity contribution in [2.45, 2.75) is 43.1 Å². The summed E-state index contributed by atoms with van der Waals surface area (Å²) >= 11 is 6.23. The first-order valence-electron chi connectivity index (χ1n) is 6.94. The number of benzene rings is 1.